The van der Waals surface area contributed by atoms with E-state index in [-0.39, 0.29) is 5.92 Å². The van der Waals surface area contributed by atoms with Crippen molar-refractivity contribution in [1.82, 2.24) is 0 Å². The van der Waals surface area contributed by atoms with E-state index in [0.717, 1.165) is 6.92 Å². The Hall–Kier alpha value is 0.340. The van der Waals surface area contributed by atoms with Crippen molar-refractivity contribution in [3.8, 4) is 0 Å². The quantitative estimate of drug-likeness (QED) is 0.633. The minimum absolute atomic E-state index is 0.0272. The van der Waals surface area contributed by atoms with Crippen LogP contribution in [0.3, 0.4) is 0 Å². The van der Waals surface area contributed by atoms with Gasteiger partial charge in [0.05, 0.1) is 0 Å². The Morgan fingerprint density at radius 1 is 1.40 bits per heavy atom. The SMILES string of the molecule is CC(C)C(CBr)C(C)(F)F. The molecule has 0 aromatic rings. The van der Waals surface area contributed by atoms with Crippen LogP contribution in [-0.4, -0.2) is 11.3 Å². The highest BCUT2D eigenvalue weighted by molar-refractivity contribution is 9.09. The van der Waals surface area contributed by atoms with E-state index in [4.69, 9.17) is 0 Å². The molecule has 3 heteroatoms. The molecule has 0 bridgehead atoms. The molecule has 1 unspecified atom stereocenters. The minimum Gasteiger partial charge on any atom is -0.207 e. The first-order chi connectivity index (χ1) is 4.39. The molecule has 0 aliphatic carbocycles. The van der Waals surface area contributed by atoms with Crippen LogP contribution in [0.5, 0.6) is 0 Å². The highest BCUT2D eigenvalue weighted by Crippen LogP contribution is 2.31. The fraction of sp³-hybridized carbons (Fsp3) is 1.00. The van der Waals surface area contributed by atoms with Gasteiger partial charge in [-0.2, -0.15) is 0 Å². The van der Waals surface area contributed by atoms with E-state index in [9.17, 15) is 8.78 Å². The van der Waals surface area contributed by atoms with Crippen LogP contribution in [0.2, 0.25) is 0 Å². The molecule has 62 valence electrons. The molecule has 10 heavy (non-hydrogen) atoms. The van der Waals surface area contributed by atoms with Gasteiger partial charge in [0.2, 0.25) is 5.92 Å². The van der Waals surface area contributed by atoms with Crippen LogP contribution in [0.25, 0.3) is 0 Å². The standard InChI is InChI=1S/C7H13BrF2/c1-5(2)6(4-8)7(3,9)10/h5-6H,4H2,1-3H3. The maximum atomic E-state index is 12.6. The molecule has 0 nitrogen and oxygen atoms in total. The Labute approximate surface area is 69.1 Å². The predicted octanol–water partition coefficient (Wildman–Crippen LogP) is 3.31. The number of rotatable bonds is 3. The number of hydrogen-bond donors (Lipinski definition) is 0. The third-order valence-electron chi connectivity index (χ3n) is 1.62. The molecular formula is C7H13BrF2. The summed E-state index contributed by atoms with van der Waals surface area (Å²) in [6.45, 7) is 4.59. The van der Waals surface area contributed by atoms with Crippen molar-refractivity contribution >= 4 is 15.9 Å². The molecule has 0 amide bonds. The lowest BCUT2D eigenvalue weighted by Gasteiger charge is -2.24. The fourth-order valence-corrected chi connectivity index (χ4v) is 2.22. The Morgan fingerprint density at radius 3 is 1.80 bits per heavy atom. The summed E-state index contributed by atoms with van der Waals surface area (Å²) < 4.78 is 25.2. The Bertz CT molecular complexity index is 96.3. The maximum Gasteiger partial charge on any atom is 0.249 e. The van der Waals surface area contributed by atoms with Crippen LogP contribution in [0.4, 0.5) is 8.78 Å². The second-order valence-corrected chi connectivity index (χ2v) is 3.61. The Kier molecular flexibility index (Phi) is 3.77. The summed E-state index contributed by atoms with van der Waals surface area (Å²) in [4.78, 5) is 0. The Morgan fingerprint density at radius 2 is 1.80 bits per heavy atom. The van der Waals surface area contributed by atoms with Gasteiger partial charge in [-0.05, 0) is 12.8 Å². The van der Waals surface area contributed by atoms with Gasteiger partial charge in [0.1, 0.15) is 0 Å². The van der Waals surface area contributed by atoms with Gasteiger partial charge in [-0.25, -0.2) is 8.78 Å². The Balaban J connectivity index is 4.07. The van der Waals surface area contributed by atoms with E-state index >= 15 is 0 Å². The van der Waals surface area contributed by atoms with Crippen molar-refractivity contribution in [2.45, 2.75) is 26.7 Å². The number of halogens is 3. The van der Waals surface area contributed by atoms with Gasteiger partial charge in [-0.15, -0.1) is 0 Å². The summed E-state index contributed by atoms with van der Waals surface area (Å²) in [5.41, 5.74) is 0. The van der Waals surface area contributed by atoms with Gasteiger partial charge in [-0.3, -0.25) is 0 Å². The zero-order valence-corrected chi connectivity index (χ0v) is 8.08. The number of hydrogen-bond acceptors (Lipinski definition) is 0. The van der Waals surface area contributed by atoms with Crippen LogP contribution in [0.15, 0.2) is 0 Å². The molecule has 1 atom stereocenters. The molecule has 0 aliphatic heterocycles. The minimum atomic E-state index is -2.56. The fourth-order valence-electron chi connectivity index (χ4n) is 0.899. The average Bonchev–Trinajstić information content (AvgIpc) is 1.60. The van der Waals surface area contributed by atoms with Crippen molar-refractivity contribution in [2.24, 2.45) is 11.8 Å². The molecular weight excluding hydrogens is 202 g/mol. The van der Waals surface area contributed by atoms with E-state index in [1.807, 2.05) is 13.8 Å². The first-order valence-corrected chi connectivity index (χ1v) is 4.45. The summed E-state index contributed by atoms with van der Waals surface area (Å²) in [5.74, 6) is -3.08. The van der Waals surface area contributed by atoms with E-state index in [1.165, 1.54) is 0 Å². The smallest absolute Gasteiger partial charge is 0.207 e. The monoisotopic (exact) mass is 214 g/mol. The molecule has 0 radical (unpaired) electrons. The highest BCUT2D eigenvalue weighted by atomic mass is 79.9. The summed E-state index contributed by atoms with van der Waals surface area (Å²) in [5, 5.41) is 0.369. The van der Waals surface area contributed by atoms with Crippen LogP contribution in [-0.2, 0) is 0 Å². The third-order valence-corrected chi connectivity index (χ3v) is 2.32. The van der Waals surface area contributed by atoms with E-state index in [1.54, 1.807) is 0 Å². The third kappa shape index (κ3) is 2.95. The predicted molar refractivity (Wildman–Crippen MR) is 42.7 cm³/mol. The van der Waals surface area contributed by atoms with Crippen molar-refractivity contribution < 1.29 is 8.78 Å². The van der Waals surface area contributed by atoms with Crippen molar-refractivity contribution in [3.63, 3.8) is 0 Å². The zero-order chi connectivity index (χ0) is 8.36. The topological polar surface area (TPSA) is 0 Å². The summed E-state index contributed by atoms with van der Waals surface area (Å²) in [6.07, 6.45) is 0. The van der Waals surface area contributed by atoms with Crippen LogP contribution in [0, 0.1) is 11.8 Å². The van der Waals surface area contributed by atoms with Crippen molar-refractivity contribution in [2.75, 3.05) is 5.33 Å². The molecule has 0 aromatic carbocycles. The summed E-state index contributed by atoms with van der Waals surface area (Å²) in [6, 6.07) is 0. The van der Waals surface area contributed by atoms with Crippen molar-refractivity contribution in [1.29, 1.82) is 0 Å². The van der Waals surface area contributed by atoms with Gasteiger partial charge in [0.15, 0.2) is 0 Å². The zero-order valence-electron chi connectivity index (χ0n) is 6.50. The van der Waals surface area contributed by atoms with E-state index < -0.39 is 11.8 Å². The summed E-state index contributed by atoms with van der Waals surface area (Å²) >= 11 is 3.07. The van der Waals surface area contributed by atoms with Crippen LogP contribution in [0.1, 0.15) is 20.8 Å². The normalized spacial score (nSPS) is 15.9. The number of alkyl halides is 3. The molecule has 0 saturated heterocycles. The maximum absolute atomic E-state index is 12.6. The first-order valence-electron chi connectivity index (χ1n) is 3.33. The first kappa shape index (κ1) is 10.3. The highest BCUT2D eigenvalue weighted by Gasteiger charge is 2.34. The lowest BCUT2D eigenvalue weighted by Crippen LogP contribution is -2.30. The lowest BCUT2D eigenvalue weighted by molar-refractivity contribution is -0.0467. The van der Waals surface area contributed by atoms with E-state index in [2.05, 4.69) is 15.9 Å². The van der Waals surface area contributed by atoms with Crippen LogP contribution >= 0.6 is 15.9 Å². The molecule has 0 spiro atoms. The second-order valence-electron chi connectivity index (χ2n) is 2.96. The van der Waals surface area contributed by atoms with E-state index in [0.29, 0.717) is 5.33 Å². The molecule has 0 saturated carbocycles. The molecule has 0 rings (SSSR count). The van der Waals surface area contributed by atoms with Crippen molar-refractivity contribution in [3.05, 3.63) is 0 Å². The van der Waals surface area contributed by atoms with Crippen LogP contribution < -0.4 is 0 Å². The van der Waals surface area contributed by atoms with Gasteiger partial charge in [0.25, 0.3) is 0 Å². The summed E-state index contributed by atoms with van der Waals surface area (Å²) in [7, 11) is 0. The molecule has 0 fully saturated rings. The van der Waals surface area contributed by atoms with Gasteiger partial charge < -0.3 is 0 Å². The lowest BCUT2D eigenvalue weighted by atomic mass is 9.92. The van der Waals surface area contributed by atoms with Gasteiger partial charge >= 0.3 is 0 Å². The molecule has 0 aromatic heterocycles. The molecule has 0 heterocycles. The van der Waals surface area contributed by atoms with Gasteiger partial charge in [-0.1, -0.05) is 29.8 Å². The largest absolute Gasteiger partial charge is 0.249 e. The van der Waals surface area contributed by atoms with Gasteiger partial charge in [0, 0.05) is 11.2 Å². The average molecular weight is 215 g/mol. The molecule has 0 aliphatic rings. The molecule has 0 N–H and O–H groups in total. The second kappa shape index (κ2) is 3.65.